The molecule has 1 aliphatic rings. The Morgan fingerprint density at radius 2 is 2.33 bits per heavy atom. The van der Waals surface area contributed by atoms with Gasteiger partial charge in [0.2, 0.25) is 5.91 Å². The minimum atomic E-state index is -0.621. The normalized spacial score (nSPS) is 29.9. The van der Waals surface area contributed by atoms with Gasteiger partial charge in [-0.15, -0.1) is 0 Å². The summed E-state index contributed by atoms with van der Waals surface area (Å²) in [5.74, 6) is 2.87. The molecule has 0 aliphatic heterocycles. The van der Waals surface area contributed by atoms with Crippen LogP contribution >= 0.6 is 11.8 Å². The fourth-order valence-corrected chi connectivity index (χ4v) is 3.45. The van der Waals surface area contributed by atoms with Crippen molar-refractivity contribution in [2.75, 3.05) is 11.5 Å². The maximum atomic E-state index is 12.3. The summed E-state index contributed by atoms with van der Waals surface area (Å²) in [4.78, 5) is 12.3. The first-order valence-electron chi connectivity index (χ1n) is 7.15. The van der Waals surface area contributed by atoms with Crippen LogP contribution in [0.3, 0.4) is 0 Å². The van der Waals surface area contributed by atoms with Gasteiger partial charge in [0.25, 0.3) is 0 Å². The average Bonchev–Trinajstić information content (AvgIpc) is 2.29. The number of hydrogen-bond acceptors (Lipinski definition) is 3. The van der Waals surface area contributed by atoms with E-state index in [9.17, 15) is 4.79 Å². The van der Waals surface area contributed by atoms with Crippen molar-refractivity contribution in [3.63, 3.8) is 0 Å². The largest absolute Gasteiger partial charge is 0.352 e. The van der Waals surface area contributed by atoms with Crippen LogP contribution in [-0.2, 0) is 4.79 Å². The number of amides is 1. The van der Waals surface area contributed by atoms with Gasteiger partial charge in [-0.05, 0) is 43.6 Å². The van der Waals surface area contributed by atoms with E-state index >= 15 is 0 Å². The zero-order valence-corrected chi connectivity index (χ0v) is 12.8. The van der Waals surface area contributed by atoms with Gasteiger partial charge in [0, 0.05) is 6.04 Å². The summed E-state index contributed by atoms with van der Waals surface area (Å²) in [5.41, 5.74) is 5.66. The van der Waals surface area contributed by atoms with Crippen molar-refractivity contribution in [2.45, 2.75) is 64.5 Å². The quantitative estimate of drug-likeness (QED) is 0.731. The van der Waals surface area contributed by atoms with Crippen molar-refractivity contribution >= 4 is 17.7 Å². The van der Waals surface area contributed by atoms with E-state index in [4.69, 9.17) is 5.73 Å². The standard InChI is InChI=1S/C14H28N2OS/c1-4-18-9-7-12(3)16-13(17)14(15)8-5-6-11(2)10-14/h11-12H,4-10,15H2,1-3H3,(H,16,17). The van der Waals surface area contributed by atoms with Crippen LogP contribution in [-0.4, -0.2) is 29.0 Å². The summed E-state index contributed by atoms with van der Waals surface area (Å²) >= 11 is 1.92. The monoisotopic (exact) mass is 272 g/mol. The minimum absolute atomic E-state index is 0.0584. The average molecular weight is 272 g/mol. The van der Waals surface area contributed by atoms with Gasteiger partial charge in [-0.3, -0.25) is 4.79 Å². The van der Waals surface area contributed by atoms with Gasteiger partial charge < -0.3 is 11.1 Å². The Bertz CT molecular complexity index is 273. The van der Waals surface area contributed by atoms with Crippen molar-refractivity contribution < 1.29 is 4.79 Å². The van der Waals surface area contributed by atoms with Crippen LogP contribution in [0.1, 0.15) is 52.9 Å². The minimum Gasteiger partial charge on any atom is -0.352 e. The highest BCUT2D eigenvalue weighted by Crippen LogP contribution is 2.30. The second-order valence-corrected chi connectivity index (χ2v) is 7.11. The second kappa shape index (κ2) is 7.39. The lowest BCUT2D eigenvalue weighted by Gasteiger charge is -2.36. The molecule has 1 aliphatic carbocycles. The summed E-state index contributed by atoms with van der Waals surface area (Å²) in [6, 6.07) is 0.231. The molecule has 106 valence electrons. The van der Waals surface area contributed by atoms with E-state index in [0.29, 0.717) is 5.92 Å². The van der Waals surface area contributed by atoms with Gasteiger partial charge in [0.15, 0.2) is 0 Å². The smallest absolute Gasteiger partial charge is 0.240 e. The molecule has 1 saturated carbocycles. The molecule has 3 N–H and O–H groups in total. The van der Waals surface area contributed by atoms with Crippen molar-refractivity contribution in [3.05, 3.63) is 0 Å². The molecule has 0 heterocycles. The summed E-state index contributed by atoms with van der Waals surface area (Å²) in [6.07, 6.45) is 4.96. The topological polar surface area (TPSA) is 55.1 Å². The molecular formula is C14H28N2OS. The molecular weight excluding hydrogens is 244 g/mol. The van der Waals surface area contributed by atoms with Crippen LogP contribution in [0.4, 0.5) is 0 Å². The number of rotatable bonds is 6. The van der Waals surface area contributed by atoms with E-state index in [1.165, 1.54) is 6.42 Å². The van der Waals surface area contributed by atoms with Gasteiger partial charge in [0.1, 0.15) is 0 Å². The summed E-state index contributed by atoms with van der Waals surface area (Å²) in [5, 5.41) is 3.09. The zero-order chi connectivity index (χ0) is 13.6. The fraction of sp³-hybridized carbons (Fsp3) is 0.929. The number of hydrogen-bond donors (Lipinski definition) is 2. The van der Waals surface area contributed by atoms with E-state index in [1.54, 1.807) is 0 Å². The highest BCUT2D eigenvalue weighted by Gasteiger charge is 2.38. The lowest BCUT2D eigenvalue weighted by molar-refractivity contribution is -0.128. The highest BCUT2D eigenvalue weighted by molar-refractivity contribution is 7.99. The number of thioether (sulfide) groups is 1. The second-order valence-electron chi connectivity index (χ2n) is 5.72. The van der Waals surface area contributed by atoms with E-state index in [0.717, 1.165) is 37.2 Å². The van der Waals surface area contributed by atoms with Gasteiger partial charge >= 0.3 is 0 Å². The van der Waals surface area contributed by atoms with Gasteiger partial charge in [-0.25, -0.2) is 0 Å². The van der Waals surface area contributed by atoms with Crippen molar-refractivity contribution in [3.8, 4) is 0 Å². The van der Waals surface area contributed by atoms with Crippen molar-refractivity contribution in [2.24, 2.45) is 11.7 Å². The van der Waals surface area contributed by atoms with Crippen molar-refractivity contribution in [1.29, 1.82) is 0 Å². The van der Waals surface area contributed by atoms with Crippen molar-refractivity contribution in [1.82, 2.24) is 5.32 Å². The molecule has 0 aromatic rings. The van der Waals surface area contributed by atoms with Crippen LogP contribution in [0.2, 0.25) is 0 Å². The maximum absolute atomic E-state index is 12.3. The molecule has 4 heteroatoms. The van der Waals surface area contributed by atoms with Gasteiger partial charge in [0.05, 0.1) is 5.54 Å². The van der Waals surface area contributed by atoms with Crippen LogP contribution < -0.4 is 11.1 Å². The molecule has 0 radical (unpaired) electrons. The van der Waals surface area contributed by atoms with E-state index in [1.807, 2.05) is 11.8 Å². The molecule has 1 fully saturated rings. The van der Waals surface area contributed by atoms with E-state index in [-0.39, 0.29) is 11.9 Å². The molecule has 3 nitrogen and oxygen atoms in total. The first kappa shape index (κ1) is 15.8. The first-order valence-corrected chi connectivity index (χ1v) is 8.31. The van der Waals surface area contributed by atoms with E-state index in [2.05, 4.69) is 26.1 Å². The Kier molecular flexibility index (Phi) is 6.50. The van der Waals surface area contributed by atoms with Gasteiger partial charge in [-0.1, -0.05) is 26.7 Å². The number of nitrogens with one attached hydrogen (secondary N) is 1. The number of nitrogens with two attached hydrogens (primary N) is 1. The highest BCUT2D eigenvalue weighted by atomic mass is 32.2. The molecule has 0 aromatic carbocycles. The van der Waals surface area contributed by atoms with Crippen LogP contribution in [0, 0.1) is 5.92 Å². The summed E-state index contributed by atoms with van der Waals surface area (Å²) in [6.45, 7) is 6.42. The SMILES string of the molecule is CCSCCC(C)NC(=O)C1(N)CCCC(C)C1. The lowest BCUT2D eigenvalue weighted by Crippen LogP contribution is -2.57. The fourth-order valence-electron chi connectivity index (χ4n) is 2.64. The Morgan fingerprint density at radius 3 is 2.94 bits per heavy atom. The van der Waals surface area contributed by atoms with Crippen LogP contribution in [0.5, 0.6) is 0 Å². The molecule has 1 rings (SSSR count). The molecule has 0 saturated heterocycles. The Hall–Kier alpha value is -0.220. The van der Waals surface area contributed by atoms with Gasteiger partial charge in [-0.2, -0.15) is 11.8 Å². The predicted molar refractivity (Wildman–Crippen MR) is 79.8 cm³/mol. The number of carbonyl (C=O) groups excluding carboxylic acids is 1. The Labute approximate surface area is 116 Å². The number of carbonyl (C=O) groups is 1. The maximum Gasteiger partial charge on any atom is 0.240 e. The molecule has 18 heavy (non-hydrogen) atoms. The zero-order valence-electron chi connectivity index (χ0n) is 12.0. The molecule has 3 atom stereocenters. The predicted octanol–water partition coefficient (Wildman–Crippen LogP) is 2.54. The third-order valence-electron chi connectivity index (χ3n) is 3.76. The molecule has 0 spiro atoms. The lowest BCUT2D eigenvalue weighted by atomic mass is 9.76. The van der Waals surface area contributed by atoms with Crippen LogP contribution in [0.15, 0.2) is 0 Å². The van der Waals surface area contributed by atoms with Crippen LogP contribution in [0.25, 0.3) is 0 Å². The molecule has 0 aromatic heterocycles. The molecule has 0 bridgehead atoms. The summed E-state index contributed by atoms with van der Waals surface area (Å²) in [7, 11) is 0. The first-order chi connectivity index (χ1) is 8.48. The Balaban J connectivity index is 2.38. The third kappa shape index (κ3) is 4.81. The Morgan fingerprint density at radius 1 is 1.61 bits per heavy atom. The van der Waals surface area contributed by atoms with E-state index < -0.39 is 5.54 Å². The molecule has 3 unspecified atom stereocenters. The summed E-state index contributed by atoms with van der Waals surface area (Å²) < 4.78 is 0. The third-order valence-corrected chi connectivity index (χ3v) is 4.69. The molecule has 1 amide bonds.